The summed E-state index contributed by atoms with van der Waals surface area (Å²) in [5.41, 5.74) is 0.0478. The summed E-state index contributed by atoms with van der Waals surface area (Å²) in [6, 6.07) is 2.88. The number of hydrogen-bond donors (Lipinski definition) is 1. The van der Waals surface area contributed by atoms with Crippen LogP contribution in [0.5, 0.6) is 5.75 Å². The fourth-order valence-electron chi connectivity index (χ4n) is 2.27. The number of alkyl halides is 3. The van der Waals surface area contributed by atoms with E-state index in [1.807, 2.05) is 13.8 Å². The fraction of sp³-hybridized carbons (Fsp3) is 0.400. The van der Waals surface area contributed by atoms with E-state index in [1.165, 1.54) is 12.1 Å². The molecule has 2 rings (SSSR count). The van der Waals surface area contributed by atoms with Crippen molar-refractivity contribution in [3.8, 4) is 5.75 Å². The molecule has 23 heavy (non-hydrogen) atoms. The number of rotatable bonds is 3. The Morgan fingerprint density at radius 3 is 2.48 bits per heavy atom. The van der Waals surface area contributed by atoms with Crippen molar-refractivity contribution >= 4 is 53.2 Å². The Morgan fingerprint density at radius 2 is 2.00 bits per heavy atom. The third-order valence-corrected chi connectivity index (χ3v) is 3.54. The minimum absolute atomic E-state index is 0. The van der Waals surface area contributed by atoms with Crippen LogP contribution in [-0.2, 0) is 11.2 Å². The molecular formula is C15H15ClF3NaO3. The molecule has 1 atom stereocenters. The van der Waals surface area contributed by atoms with Gasteiger partial charge in [0.1, 0.15) is 5.75 Å². The average Bonchev–Trinajstić information content (AvgIpc) is 2.36. The number of aliphatic carboxylic acids is 1. The molecule has 8 heteroatoms. The maximum absolute atomic E-state index is 13.0. The van der Waals surface area contributed by atoms with Crippen molar-refractivity contribution in [3.63, 3.8) is 0 Å². The molecule has 1 heterocycles. The van der Waals surface area contributed by atoms with Crippen molar-refractivity contribution < 1.29 is 27.8 Å². The standard InChI is InChI=1S/C15H14ClF3O3.Na.H/c1-7(2)3-8-6-12-9(5-11(8)16)4-10(14(20)21)13(22-12)15(17,18)19;;/h4-7,13H,3H2,1-2H3,(H,20,21);;. The van der Waals surface area contributed by atoms with Crippen LogP contribution in [0.3, 0.4) is 0 Å². The van der Waals surface area contributed by atoms with Gasteiger partial charge in [0.05, 0.1) is 5.57 Å². The first-order valence-electron chi connectivity index (χ1n) is 6.60. The van der Waals surface area contributed by atoms with Gasteiger partial charge in [-0.15, -0.1) is 0 Å². The van der Waals surface area contributed by atoms with Gasteiger partial charge in [-0.25, -0.2) is 4.79 Å². The van der Waals surface area contributed by atoms with E-state index in [2.05, 4.69) is 0 Å². The van der Waals surface area contributed by atoms with Crippen LogP contribution in [0.15, 0.2) is 17.7 Å². The van der Waals surface area contributed by atoms with Gasteiger partial charge in [0, 0.05) is 10.6 Å². The van der Waals surface area contributed by atoms with E-state index in [-0.39, 0.29) is 46.8 Å². The molecule has 0 saturated heterocycles. The second-order valence-corrected chi connectivity index (χ2v) is 5.93. The molecule has 1 unspecified atom stereocenters. The molecule has 1 aromatic carbocycles. The number of carbonyl (C=O) groups is 1. The summed E-state index contributed by atoms with van der Waals surface area (Å²) in [4.78, 5) is 11.0. The van der Waals surface area contributed by atoms with Gasteiger partial charge in [0.25, 0.3) is 0 Å². The molecule has 1 aliphatic heterocycles. The molecule has 0 fully saturated rings. The quantitative estimate of drug-likeness (QED) is 0.838. The summed E-state index contributed by atoms with van der Waals surface area (Å²) < 4.78 is 43.9. The third kappa shape index (κ3) is 4.66. The zero-order valence-corrected chi connectivity index (χ0v) is 12.6. The SMILES string of the molecule is CC(C)Cc1cc2c(cc1Cl)C=C(C(=O)O)C(C(F)(F)F)O2.[NaH]. The monoisotopic (exact) mass is 358 g/mol. The van der Waals surface area contributed by atoms with E-state index >= 15 is 0 Å². The van der Waals surface area contributed by atoms with Gasteiger partial charge in [-0.05, 0) is 36.1 Å². The molecule has 0 bridgehead atoms. The number of carboxylic acid groups (broad SMARTS) is 1. The molecule has 122 valence electrons. The molecule has 0 aliphatic carbocycles. The van der Waals surface area contributed by atoms with Crippen molar-refractivity contribution in [1.29, 1.82) is 0 Å². The van der Waals surface area contributed by atoms with Gasteiger partial charge in [0.2, 0.25) is 6.10 Å². The van der Waals surface area contributed by atoms with Crippen LogP contribution >= 0.6 is 11.6 Å². The molecule has 0 amide bonds. The second-order valence-electron chi connectivity index (χ2n) is 5.52. The van der Waals surface area contributed by atoms with Gasteiger partial charge in [-0.2, -0.15) is 13.2 Å². The Kier molecular flexibility index (Phi) is 6.61. The van der Waals surface area contributed by atoms with Crippen LogP contribution in [0.25, 0.3) is 6.08 Å². The van der Waals surface area contributed by atoms with Crippen LogP contribution in [0, 0.1) is 5.92 Å². The average molecular weight is 359 g/mol. The van der Waals surface area contributed by atoms with Gasteiger partial charge >= 0.3 is 41.7 Å². The number of fused-ring (bicyclic) bond motifs is 1. The minimum atomic E-state index is -4.81. The topological polar surface area (TPSA) is 46.5 Å². The summed E-state index contributed by atoms with van der Waals surface area (Å²) in [5.74, 6) is -1.41. The van der Waals surface area contributed by atoms with Crippen LogP contribution in [0.2, 0.25) is 5.02 Å². The van der Waals surface area contributed by atoms with Crippen LogP contribution in [-0.4, -0.2) is 52.9 Å². The molecule has 0 radical (unpaired) electrons. The first-order valence-corrected chi connectivity index (χ1v) is 6.98. The number of halogens is 4. The van der Waals surface area contributed by atoms with E-state index in [1.54, 1.807) is 0 Å². The normalized spacial score (nSPS) is 17.0. The first kappa shape index (κ1) is 20.4. The van der Waals surface area contributed by atoms with E-state index < -0.39 is 23.8 Å². The number of benzene rings is 1. The van der Waals surface area contributed by atoms with Crippen LogP contribution in [0.1, 0.15) is 25.0 Å². The van der Waals surface area contributed by atoms with Gasteiger partial charge in [-0.3, -0.25) is 0 Å². The van der Waals surface area contributed by atoms with E-state index in [9.17, 15) is 18.0 Å². The van der Waals surface area contributed by atoms with Gasteiger partial charge in [-0.1, -0.05) is 25.4 Å². The molecule has 3 nitrogen and oxygen atoms in total. The summed E-state index contributed by atoms with van der Waals surface area (Å²) in [5, 5.41) is 9.34. The number of ether oxygens (including phenoxy) is 1. The summed E-state index contributed by atoms with van der Waals surface area (Å²) in [6.07, 6.45) is -5.74. The maximum atomic E-state index is 13.0. The Labute approximate surface area is 158 Å². The molecule has 0 saturated carbocycles. The van der Waals surface area contributed by atoms with E-state index in [0.29, 0.717) is 17.0 Å². The van der Waals surface area contributed by atoms with Crippen molar-refractivity contribution in [1.82, 2.24) is 0 Å². The molecule has 1 N–H and O–H groups in total. The van der Waals surface area contributed by atoms with Crippen LogP contribution in [0.4, 0.5) is 13.2 Å². The Balaban J connectivity index is 0.00000264. The van der Waals surface area contributed by atoms with Gasteiger partial charge < -0.3 is 9.84 Å². The number of carboxylic acids is 1. The third-order valence-electron chi connectivity index (χ3n) is 3.19. The van der Waals surface area contributed by atoms with E-state index in [0.717, 1.165) is 6.08 Å². The Morgan fingerprint density at radius 1 is 1.39 bits per heavy atom. The Bertz CT molecular complexity index is 642. The summed E-state index contributed by atoms with van der Waals surface area (Å²) in [6.45, 7) is 3.91. The summed E-state index contributed by atoms with van der Waals surface area (Å²) in [7, 11) is 0. The predicted octanol–water partition coefficient (Wildman–Crippen LogP) is 3.68. The second kappa shape index (κ2) is 7.47. The van der Waals surface area contributed by atoms with Crippen molar-refractivity contribution in [3.05, 3.63) is 33.9 Å². The van der Waals surface area contributed by atoms with Gasteiger partial charge in [0.15, 0.2) is 0 Å². The zero-order chi connectivity index (χ0) is 16.7. The van der Waals surface area contributed by atoms with Crippen molar-refractivity contribution in [2.24, 2.45) is 5.92 Å². The molecule has 0 spiro atoms. The molecule has 0 aromatic heterocycles. The first-order chi connectivity index (χ1) is 10.1. The van der Waals surface area contributed by atoms with Crippen LogP contribution < -0.4 is 4.74 Å². The van der Waals surface area contributed by atoms with Crippen molar-refractivity contribution in [2.45, 2.75) is 32.5 Å². The van der Waals surface area contributed by atoms with E-state index in [4.69, 9.17) is 21.4 Å². The summed E-state index contributed by atoms with van der Waals surface area (Å²) >= 11 is 6.10. The molecule has 1 aliphatic rings. The van der Waals surface area contributed by atoms with Crippen molar-refractivity contribution in [2.75, 3.05) is 0 Å². The predicted molar refractivity (Wildman–Crippen MR) is 83.2 cm³/mol. The Hall–Kier alpha value is -0.690. The zero-order valence-electron chi connectivity index (χ0n) is 11.9. The fourth-order valence-corrected chi connectivity index (χ4v) is 2.52. The molecule has 1 aromatic rings. The molecular weight excluding hydrogens is 344 g/mol. The number of hydrogen-bond acceptors (Lipinski definition) is 2.